The zero-order valence-electron chi connectivity index (χ0n) is 27.7. The van der Waals surface area contributed by atoms with E-state index in [-0.39, 0.29) is 42.4 Å². The maximum Gasteiger partial charge on any atom is 0.253 e. The van der Waals surface area contributed by atoms with Crippen LogP contribution in [0.4, 0.5) is 0 Å². The van der Waals surface area contributed by atoms with Gasteiger partial charge in [-0.3, -0.25) is 19.4 Å². The van der Waals surface area contributed by atoms with E-state index in [1.807, 2.05) is 57.2 Å². The molecule has 0 spiro atoms. The molecule has 1 heterocycles. The van der Waals surface area contributed by atoms with Gasteiger partial charge in [0.1, 0.15) is 11.9 Å². The number of nitrogens with one attached hydrogen (secondary N) is 1. The van der Waals surface area contributed by atoms with Crippen LogP contribution in [0.5, 0.6) is 0 Å². The summed E-state index contributed by atoms with van der Waals surface area (Å²) in [6.07, 6.45) is 3.31. The molecule has 10 nitrogen and oxygen atoms in total. The van der Waals surface area contributed by atoms with Gasteiger partial charge in [0.05, 0.1) is 18.0 Å². The van der Waals surface area contributed by atoms with Crippen LogP contribution in [-0.4, -0.2) is 97.7 Å². The van der Waals surface area contributed by atoms with E-state index in [9.17, 15) is 19.6 Å². The molecule has 2 aromatic rings. The van der Waals surface area contributed by atoms with Gasteiger partial charge in [-0.2, -0.15) is 5.26 Å². The number of nitriles is 1. The van der Waals surface area contributed by atoms with Crippen molar-refractivity contribution in [2.75, 3.05) is 41.3 Å². The zero-order valence-corrected chi connectivity index (χ0v) is 27.7. The highest BCUT2D eigenvalue weighted by Crippen LogP contribution is 2.44. The molecule has 2 aliphatic rings. The number of hydrogen-bond donors (Lipinski definition) is 2. The third-order valence-corrected chi connectivity index (χ3v) is 8.87. The van der Waals surface area contributed by atoms with E-state index in [2.05, 4.69) is 11.4 Å². The number of benzene rings is 2. The Hall–Kier alpha value is -4.23. The molecule has 240 valence electrons. The van der Waals surface area contributed by atoms with Gasteiger partial charge in [0.15, 0.2) is 0 Å². The van der Waals surface area contributed by atoms with Crippen molar-refractivity contribution >= 4 is 23.6 Å². The smallest absolute Gasteiger partial charge is 0.253 e. The molecule has 1 aliphatic heterocycles. The van der Waals surface area contributed by atoms with Crippen molar-refractivity contribution in [3.8, 4) is 6.07 Å². The van der Waals surface area contributed by atoms with E-state index in [1.54, 1.807) is 42.9 Å². The molecule has 45 heavy (non-hydrogen) atoms. The van der Waals surface area contributed by atoms with Crippen LogP contribution in [0.1, 0.15) is 83.0 Å². The third-order valence-electron chi connectivity index (χ3n) is 8.87. The van der Waals surface area contributed by atoms with Gasteiger partial charge in [-0.05, 0) is 99.4 Å². The minimum atomic E-state index is -0.900. The van der Waals surface area contributed by atoms with Gasteiger partial charge in [-0.25, -0.2) is 0 Å². The minimum Gasteiger partial charge on any atom is -0.386 e. The van der Waals surface area contributed by atoms with Gasteiger partial charge in [-0.1, -0.05) is 12.1 Å². The Kier molecular flexibility index (Phi) is 10.3. The standard InChI is InChI=1S/C35H47N7O3/c1-22(2)39-34(37)35(19-23(3)38-21-31(43)42-16-8-9-28(42)20-36)29-14-12-26(32(44)40(4)5)17-24(29)10-11-25-18-27(13-15-30(25)35)33(45)41(6)7/h12-15,17-18,22-23,28,38H,8-11,16,19,21H2,1-7H3,(H2,37,39)/t23-,28+/m1/s1. The molecule has 2 atom stereocenters. The molecular formula is C35H47N7O3. The SMILES string of the molecule is CC(C)N=C(N)C1(C[C@@H](C)NCC(=O)N2CCC[C@H]2C#N)c2ccc(C(=O)N(C)C)cc2CCc2cc(C(=O)N(C)C)ccc21. The summed E-state index contributed by atoms with van der Waals surface area (Å²) in [6.45, 7) is 6.69. The summed E-state index contributed by atoms with van der Waals surface area (Å²) in [7, 11) is 6.95. The largest absolute Gasteiger partial charge is 0.386 e. The number of likely N-dealkylation sites (tertiary alicyclic amines) is 1. The molecule has 0 bridgehead atoms. The molecule has 0 aromatic heterocycles. The molecule has 0 unspecified atom stereocenters. The first-order chi connectivity index (χ1) is 21.3. The predicted molar refractivity (Wildman–Crippen MR) is 176 cm³/mol. The number of amides is 3. The van der Waals surface area contributed by atoms with Crippen LogP contribution in [0.25, 0.3) is 0 Å². The van der Waals surface area contributed by atoms with Crippen LogP contribution in [0.2, 0.25) is 0 Å². The number of nitrogens with two attached hydrogens (primary N) is 1. The van der Waals surface area contributed by atoms with Gasteiger partial charge in [0.2, 0.25) is 5.91 Å². The van der Waals surface area contributed by atoms with Crippen LogP contribution in [0.3, 0.4) is 0 Å². The van der Waals surface area contributed by atoms with Crippen LogP contribution < -0.4 is 11.1 Å². The quantitative estimate of drug-likeness (QED) is 0.330. The number of carbonyl (C=O) groups is 3. The van der Waals surface area contributed by atoms with E-state index in [0.29, 0.717) is 49.2 Å². The zero-order chi connectivity index (χ0) is 33.1. The lowest BCUT2D eigenvalue weighted by atomic mass is 9.67. The second-order valence-electron chi connectivity index (χ2n) is 13.0. The summed E-state index contributed by atoms with van der Waals surface area (Å²) in [5.74, 6) is 0.186. The fourth-order valence-electron chi connectivity index (χ4n) is 6.71. The molecule has 2 aromatic carbocycles. The number of aliphatic imine (C=N–C) groups is 1. The molecule has 3 amide bonds. The third kappa shape index (κ3) is 6.89. The fraction of sp³-hybridized carbons (Fsp3) is 0.514. The highest BCUT2D eigenvalue weighted by atomic mass is 16.2. The first-order valence-electron chi connectivity index (χ1n) is 15.8. The Balaban J connectivity index is 1.86. The van der Waals surface area contributed by atoms with Gasteiger partial charge in [0, 0.05) is 57.9 Å². The second-order valence-corrected chi connectivity index (χ2v) is 13.0. The average Bonchev–Trinajstić information content (AvgIpc) is 3.44. The summed E-state index contributed by atoms with van der Waals surface area (Å²) in [5, 5.41) is 12.9. The normalized spacial score (nSPS) is 18.0. The molecule has 0 radical (unpaired) electrons. The van der Waals surface area contributed by atoms with E-state index in [4.69, 9.17) is 10.7 Å². The highest BCUT2D eigenvalue weighted by Gasteiger charge is 2.44. The van der Waals surface area contributed by atoms with Crippen molar-refractivity contribution in [1.82, 2.24) is 20.0 Å². The van der Waals surface area contributed by atoms with Crippen molar-refractivity contribution < 1.29 is 14.4 Å². The van der Waals surface area contributed by atoms with Crippen molar-refractivity contribution in [2.24, 2.45) is 10.7 Å². The Labute approximate surface area is 267 Å². The van der Waals surface area contributed by atoms with Gasteiger partial charge < -0.3 is 25.8 Å². The number of carbonyl (C=O) groups excluding carboxylic acids is 3. The summed E-state index contributed by atoms with van der Waals surface area (Å²) < 4.78 is 0. The molecule has 10 heteroatoms. The first-order valence-corrected chi connectivity index (χ1v) is 15.8. The molecule has 1 saturated heterocycles. The fourth-order valence-corrected chi connectivity index (χ4v) is 6.71. The monoisotopic (exact) mass is 613 g/mol. The van der Waals surface area contributed by atoms with Crippen molar-refractivity contribution in [2.45, 2.75) is 76.4 Å². The Morgan fingerprint density at radius 1 is 1.00 bits per heavy atom. The summed E-state index contributed by atoms with van der Waals surface area (Å²) in [4.78, 5) is 48.9. The Morgan fingerprint density at radius 3 is 2.00 bits per heavy atom. The second kappa shape index (κ2) is 13.8. The van der Waals surface area contributed by atoms with E-state index >= 15 is 0 Å². The van der Waals surface area contributed by atoms with E-state index < -0.39 is 5.41 Å². The number of rotatable bonds is 9. The Morgan fingerprint density at radius 2 is 1.53 bits per heavy atom. The number of hydrogen-bond acceptors (Lipinski definition) is 6. The van der Waals surface area contributed by atoms with Crippen LogP contribution in [0, 0.1) is 11.3 Å². The predicted octanol–water partition coefficient (Wildman–Crippen LogP) is 3.12. The lowest BCUT2D eigenvalue weighted by molar-refractivity contribution is -0.130. The maximum atomic E-state index is 13.1. The van der Waals surface area contributed by atoms with Crippen molar-refractivity contribution in [1.29, 1.82) is 5.26 Å². The molecule has 0 saturated carbocycles. The molecule has 3 N–H and O–H groups in total. The molecule has 1 aliphatic carbocycles. The number of nitrogens with zero attached hydrogens (tertiary/aromatic N) is 5. The van der Waals surface area contributed by atoms with Crippen LogP contribution in [0.15, 0.2) is 41.4 Å². The number of amidine groups is 1. The van der Waals surface area contributed by atoms with E-state index in [1.165, 1.54) is 0 Å². The lowest BCUT2D eigenvalue weighted by Crippen LogP contribution is -2.49. The van der Waals surface area contributed by atoms with Gasteiger partial charge >= 0.3 is 0 Å². The maximum absolute atomic E-state index is 13.1. The molecule has 4 rings (SSSR count). The highest BCUT2D eigenvalue weighted by molar-refractivity contribution is 5.99. The Bertz CT molecular complexity index is 1450. The van der Waals surface area contributed by atoms with Gasteiger partial charge in [0.25, 0.3) is 11.8 Å². The number of fused-ring (bicyclic) bond motifs is 2. The van der Waals surface area contributed by atoms with Crippen LogP contribution >= 0.6 is 0 Å². The summed E-state index contributed by atoms with van der Waals surface area (Å²) in [6, 6.07) is 13.2. The lowest BCUT2D eigenvalue weighted by Gasteiger charge is -2.39. The molecular weight excluding hydrogens is 566 g/mol. The van der Waals surface area contributed by atoms with Crippen LogP contribution in [-0.2, 0) is 23.1 Å². The average molecular weight is 614 g/mol. The van der Waals surface area contributed by atoms with Crippen molar-refractivity contribution in [3.05, 3.63) is 69.8 Å². The van der Waals surface area contributed by atoms with Crippen molar-refractivity contribution in [3.63, 3.8) is 0 Å². The summed E-state index contributed by atoms with van der Waals surface area (Å²) >= 11 is 0. The first kappa shape index (κ1) is 33.7. The van der Waals surface area contributed by atoms with E-state index in [0.717, 1.165) is 28.7 Å². The topological polar surface area (TPSA) is 135 Å². The summed E-state index contributed by atoms with van der Waals surface area (Å²) in [5.41, 5.74) is 11.3. The molecule has 1 fully saturated rings. The minimum absolute atomic E-state index is 0.0795. The number of aryl methyl sites for hydroxylation is 2. The van der Waals surface area contributed by atoms with Gasteiger partial charge in [-0.15, -0.1) is 0 Å².